The third kappa shape index (κ3) is 2.28. The van der Waals surface area contributed by atoms with E-state index < -0.39 is 0 Å². The summed E-state index contributed by atoms with van der Waals surface area (Å²) in [6.45, 7) is 4.67. The van der Waals surface area contributed by atoms with Crippen molar-refractivity contribution >= 4 is 0 Å². The Hall–Kier alpha value is -0.860. The first-order valence-electron chi connectivity index (χ1n) is 6.42. The van der Waals surface area contributed by atoms with Gasteiger partial charge in [-0.05, 0) is 24.3 Å². The molecule has 1 saturated heterocycles. The Morgan fingerprint density at radius 3 is 2.75 bits per heavy atom. The lowest BCUT2D eigenvalue weighted by atomic mass is 10.1. The third-order valence-electron chi connectivity index (χ3n) is 3.79. The molecule has 1 unspecified atom stereocenters. The van der Waals surface area contributed by atoms with Crippen molar-refractivity contribution in [1.29, 1.82) is 0 Å². The fourth-order valence-corrected chi connectivity index (χ4v) is 2.73. The van der Waals surface area contributed by atoms with Gasteiger partial charge in [0.1, 0.15) is 0 Å². The van der Waals surface area contributed by atoms with E-state index in [1.54, 1.807) is 0 Å². The number of nitrogens with one attached hydrogen (secondary N) is 1. The van der Waals surface area contributed by atoms with E-state index in [0.717, 1.165) is 25.0 Å². The maximum atomic E-state index is 3.53. The van der Waals surface area contributed by atoms with Crippen LogP contribution in [0.1, 0.15) is 18.4 Å². The van der Waals surface area contributed by atoms with Crippen molar-refractivity contribution < 1.29 is 0 Å². The summed E-state index contributed by atoms with van der Waals surface area (Å²) in [6.07, 6.45) is 2.88. The van der Waals surface area contributed by atoms with Gasteiger partial charge in [0, 0.05) is 32.2 Å². The predicted octanol–water partition coefficient (Wildman–Crippen LogP) is 1.87. The van der Waals surface area contributed by atoms with Gasteiger partial charge in [-0.25, -0.2) is 0 Å². The van der Waals surface area contributed by atoms with E-state index in [-0.39, 0.29) is 0 Å². The molecule has 1 atom stereocenters. The molecule has 1 heterocycles. The largest absolute Gasteiger partial charge is 0.314 e. The molecule has 0 spiro atoms. The van der Waals surface area contributed by atoms with Crippen molar-refractivity contribution in [3.63, 3.8) is 0 Å². The molecule has 1 aliphatic carbocycles. The highest BCUT2D eigenvalue weighted by molar-refractivity contribution is 5.15. The average molecular weight is 216 g/mol. The zero-order chi connectivity index (χ0) is 10.8. The highest BCUT2D eigenvalue weighted by Crippen LogP contribution is 2.36. The van der Waals surface area contributed by atoms with Crippen molar-refractivity contribution in [1.82, 2.24) is 10.2 Å². The van der Waals surface area contributed by atoms with Gasteiger partial charge in [0.2, 0.25) is 0 Å². The minimum Gasteiger partial charge on any atom is -0.314 e. The Morgan fingerprint density at radius 2 is 2.00 bits per heavy atom. The first-order valence-corrected chi connectivity index (χ1v) is 6.42. The molecular formula is C14H20N2. The van der Waals surface area contributed by atoms with Gasteiger partial charge in [-0.3, -0.25) is 4.90 Å². The lowest BCUT2D eigenvalue weighted by Gasteiger charge is -2.36. The van der Waals surface area contributed by atoms with Gasteiger partial charge in [0.05, 0.1) is 0 Å². The summed E-state index contributed by atoms with van der Waals surface area (Å²) in [5.74, 6) is 0.969. The Balaban J connectivity index is 1.67. The van der Waals surface area contributed by atoms with E-state index in [9.17, 15) is 0 Å². The van der Waals surface area contributed by atoms with Crippen LogP contribution in [0.2, 0.25) is 0 Å². The van der Waals surface area contributed by atoms with E-state index in [4.69, 9.17) is 0 Å². The Labute approximate surface area is 97.6 Å². The van der Waals surface area contributed by atoms with Crippen molar-refractivity contribution in [3.8, 4) is 0 Å². The van der Waals surface area contributed by atoms with Crippen molar-refractivity contribution in [2.24, 2.45) is 5.92 Å². The van der Waals surface area contributed by atoms with Gasteiger partial charge < -0.3 is 5.32 Å². The lowest BCUT2D eigenvalue weighted by molar-refractivity contribution is 0.135. The number of nitrogens with zero attached hydrogens (tertiary/aromatic N) is 1. The monoisotopic (exact) mass is 216 g/mol. The molecule has 1 saturated carbocycles. The van der Waals surface area contributed by atoms with Crippen LogP contribution >= 0.6 is 0 Å². The van der Waals surface area contributed by atoms with Gasteiger partial charge in [0.25, 0.3) is 0 Å². The Bertz CT molecular complexity index is 332. The fraction of sp³-hybridized carbons (Fsp3) is 0.571. The highest BCUT2D eigenvalue weighted by atomic mass is 15.2. The quantitative estimate of drug-likeness (QED) is 0.830. The zero-order valence-corrected chi connectivity index (χ0v) is 9.73. The van der Waals surface area contributed by atoms with Crippen LogP contribution in [0.5, 0.6) is 0 Å². The molecule has 86 valence electrons. The molecule has 1 aromatic carbocycles. The molecule has 2 fully saturated rings. The number of benzene rings is 1. The molecule has 0 radical (unpaired) electrons. The van der Waals surface area contributed by atoms with E-state index in [0.29, 0.717) is 0 Å². The molecular weight excluding hydrogens is 196 g/mol. The molecule has 1 aliphatic heterocycles. The van der Waals surface area contributed by atoms with Gasteiger partial charge >= 0.3 is 0 Å². The molecule has 0 aromatic heterocycles. The summed E-state index contributed by atoms with van der Waals surface area (Å²) in [6, 6.07) is 11.7. The van der Waals surface area contributed by atoms with Crippen LogP contribution in [-0.2, 0) is 6.54 Å². The summed E-state index contributed by atoms with van der Waals surface area (Å²) in [4.78, 5) is 2.67. The van der Waals surface area contributed by atoms with E-state index in [1.807, 2.05) is 0 Å². The van der Waals surface area contributed by atoms with E-state index in [2.05, 4.69) is 40.5 Å². The van der Waals surface area contributed by atoms with Crippen LogP contribution in [0, 0.1) is 5.92 Å². The minimum absolute atomic E-state index is 0.786. The summed E-state index contributed by atoms with van der Waals surface area (Å²) in [7, 11) is 0. The van der Waals surface area contributed by atoms with Crippen molar-refractivity contribution in [2.75, 3.05) is 19.6 Å². The van der Waals surface area contributed by atoms with Crippen molar-refractivity contribution in [2.45, 2.75) is 25.4 Å². The summed E-state index contributed by atoms with van der Waals surface area (Å²) < 4.78 is 0. The average Bonchev–Trinajstić information content (AvgIpc) is 3.15. The molecule has 2 aliphatic rings. The van der Waals surface area contributed by atoms with Crippen LogP contribution < -0.4 is 5.32 Å². The molecule has 2 nitrogen and oxygen atoms in total. The smallest absolute Gasteiger partial charge is 0.0252 e. The maximum absolute atomic E-state index is 3.53. The van der Waals surface area contributed by atoms with E-state index in [1.165, 1.54) is 31.5 Å². The molecule has 3 rings (SSSR count). The van der Waals surface area contributed by atoms with Crippen LogP contribution in [0.4, 0.5) is 0 Å². The minimum atomic E-state index is 0.786. The lowest BCUT2D eigenvalue weighted by Crippen LogP contribution is -2.51. The van der Waals surface area contributed by atoms with Crippen LogP contribution in [0.15, 0.2) is 30.3 Å². The molecule has 1 aromatic rings. The van der Waals surface area contributed by atoms with Crippen LogP contribution in [-0.4, -0.2) is 30.6 Å². The van der Waals surface area contributed by atoms with Gasteiger partial charge in [-0.15, -0.1) is 0 Å². The predicted molar refractivity (Wildman–Crippen MR) is 66.2 cm³/mol. The van der Waals surface area contributed by atoms with Crippen LogP contribution in [0.25, 0.3) is 0 Å². The highest BCUT2D eigenvalue weighted by Gasteiger charge is 2.36. The zero-order valence-electron chi connectivity index (χ0n) is 9.73. The number of rotatable bonds is 3. The number of hydrogen-bond donors (Lipinski definition) is 1. The SMILES string of the molecule is c1ccc(CN2CCNCC2C2CC2)cc1. The Kier molecular flexibility index (Phi) is 2.94. The first kappa shape index (κ1) is 10.3. The normalized spacial score (nSPS) is 26.9. The summed E-state index contributed by atoms with van der Waals surface area (Å²) in [5, 5.41) is 3.53. The van der Waals surface area contributed by atoms with Gasteiger partial charge in [-0.1, -0.05) is 30.3 Å². The molecule has 16 heavy (non-hydrogen) atoms. The second kappa shape index (κ2) is 4.56. The molecule has 1 N–H and O–H groups in total. The fourth-order valence-electron chi connectivity index (χ4n) is 2.73. The molecule has 0 bridgehead atoms. The standard InChI is InChI=1S/C14H20N2/c1-2-4-12(5-3-1)11-16-9-8-15-10-14(16)13-6-7-13/h1-5,13-15H,6-11H2. The van der Waals surface area contributed by atoms with Crippen molar-refractivity contribution in [3.05, 3.63) is 35.9 Å². The van der Waals surface area contributed by atoms with Gasteiger partial charge in [0.15, 0.2) is 0 Å². The Morgan fingerprint density at radius 1 is 1.19 bits per heavy atom. The summed E-state index contributed by atoms with van der Waals surface area (Å²) >= 11 is 0. The third-order valence-corrected chi connectivity index (χ3v) is 3.79. The second-order valence-corrected chi connectivity index (χ2v) is 5.06. The maximum Gasteiger partial charge on any atom is 0.0252 e. The van der Waals surface area contributed by atoms with Gasteiger partial charge in [-0.2, -0.15) is 0 Å². The summed E-state index contributed by atoms with van der Waals surface area (Å²) in [5.41, 5.74) is 1.45. The first-order chi connectivity index (χ1) is 7.93. The molecule has 2 heteroatoms. The number of hydrogen-bond acceptors (Lipinski definition) is 2. The van der Waals surface area contributed by atoms with Crippen LogP contribution in [0.3, 0.4) is 0 Å². The second-order valence-electron chi connectivity index (χ2n) is 5.06. The number of piperazine rings is 1. The molecule has 0 amide bonds. The topological polar surface area (TPSA) is 15.3 Å². The van der Waals surface area contributed by atoms with E-state index >= 15 is 0 Å².